The van der Waals surface area contributed by atoms with Gasteiger partial charge in [-0.05, 0) is 35.9 Å². The summed E-state index contributed by atoms with van der Waals surface area (Å²) in [7, 11) is 1.90. The van der Waals surface area contributed by atoms with E-state index in [1.807, 2.05) is 40.8 Å². The zero-order valence-corrected chi connectivity index (χ0v) is 19.1. The van der Waals surface area contributed by atoms with E-state index in [0.29, 0.717) is 25.3 Å². The maximum atomic E-state index is 13.1. The van der Waals surface area contributed by atoms with Crippen LogP contribution in [0.3, 0.4) is 0 Å². The first kappa shape index (κ1) is 22.7. The first-order valence-electron chi connectivity index (χ1n) is 10.2. The molecule has 0 bridgehead atoms. The zero-order valence-electron chi connectivity index (χ0n) is 17.5. The highest BCUT2D eigenvalue weighted by Gasteiger charge is 2.28. The van der Waals surface area contributed by atoms with Gasteiger partial charge in [0.1, 0.15) is 11.4 Å². The van der Waals surface area contributed by atoms with Crippen LogP contribution in [0.25, 0.3) is 10.9 Å². The number of amides is 1. The summed E-state index contributed by atoms with van der Waals surface area (Å²) in [5.74, 6) is 0.217. The van der Waals surface area contributed by atoms with Crippen LogP contribution in [0, 0.1) is 0 Å². The highest BCUT2D eigenvalue weighted by atomic mass is 79.9. The molecule has 1 fully saturated rings. The lowest BCUT2D eigenvalue weighted by atomic mass is 10.2. The molecule has 0 spiro atoms. The van der Waals surface area contributed by atoms with E-state index in [9.17, 15) is 18.0 Å². The zero-order chi connectivity index (χ0) is 22.9. The van der Waals surface area contributed by atoms with Gasteiger partial charge in [0.2, 0.25) is 0 Å². The van der Waals surface area contributed by atoms with Crippen molar-refractivity contribution in [2.24, 2.45) is 7.05 Å². The van der Waals surface area contributed by atoms with E-state index in [1.54, 1.807) is 24.3 Å². The van der Waals surface area contributed by atoms with E-state index < -0.39 is 12.8 Å². The Morgan fingerprint density at radius 3 is 2.38 bits per heavy atom. The number of hydrogen-bond acceptors (Lipinski definition) is 3. The second-order valence-electron chi connectivity index (χ2n) is 7.91. The molecule has 0 atom stereocenters. The lowest BCUT2D eigenvalue weighted by Gasteiger charge is -2.34. The molecular weight excluding hydrogens is 487 g/mol. The van der Waals surface area contributed by atoms with Gasteiger partial charge in [-0.1, -0.05) is 34.1 Å². The molecule has 0 unspecified atom stereocenters. The summed E-state index contributed by atoms with van der Waals surface area (Å²) >= 11 is 3.48. The Kier molecular flexibility index (Phi) is 6.48. The molecule has 5 nitrogen and oxygen atoms in total. The van der Waals surface area contributed by atoms with Crippen LogP contribution in [0.2, 0.25) is 0 Å². The van der Waals surface area contributed by atoms with Gasteiger partial charge in [-0.25, -0.2) is 0 Å². The van der Waals surface area contributed by atoms with E-state index in [4.69, 9.17) is 4.74 Å². The number of carbonyl (C=O) groups excluding carboxylic acids is 1. The molecule has 32 heavy (non-hydrogen) atoms. The maximum Gasteiger partial charge on any atom is 0.422 e. The predicted molar refractivity (Wildman–Crippen MR) is 120 cm³/mol. The van der Waals surface area contributed by atoms with Crippen molar-refractivity contribution in [3.8, 4) is 5.75 Å². The number of ether oxygens (including phenoxy) is 1. The highest BCUT2D eigenvalue weighted by molar-refractivity contribution is 9.10. The normalized spacial score (nSPS) is 15.3. The topological polar surface area (TPSA) is 37.7 Å². The first-order valence-corrected chi connectivity index (χ1v) is 11.0. The second-order valence-corrected chi connectivity index (χ2v) is 8.82. The molecule has 3 aromatic rings. The number of alkyl halides is 3. The van der Waals surface area contributed by atoms with Crippen molar-refractivity contribution < 1.29 is 22.7 Å². The average Bonchev–Trinajstić information content (AvgIpc) is 3.08. The minimum absolute atomic E-state index is 0.0191. The van der Waals surface area contributed by atoms with Gasteiger partial charge in [-0.15, -0.1) is 0 Å². The maximum absolute atomic E-state index is 13.1. The largest absolute Gasteiger partial charge is 0.484 e. The number of piperazine rings is 1. The number of rotatable bonds is 5. The SMILES string of the molecule is Cn1c(C(=O)N2CCN(Cc3ccc(OCC(F)(F)F)cc3)CC2)cc2ccc(Br)cc21. The van der Waals surface area contributed by atoms with Gasteiger partial charge >= 0.3 is 6.18 Å². The summed E-state index contributed by atoms with van der Waals surface area (Å²) in [5, 5.41) is 1.03. The third-order valence-corrected chi connectivity index (χ3v) is 6.11. The van der Waals surface area contributed by atoms with Gasteiger partial charge in [0.05, 0.1) is 0 Å². The van der Waals surface area contributed by atoms with Crippen molar-refractivity contribution >= 4 is 32.7 Å². The molecule has 1 amide bonds. The average molecular weight is 510 g/mol. The molecule has 2 aromatic carbocycles. The van der Waals surface area contributed by atoms with E-state index in [1.165, 1.54) is 0 Å². The lowest BCUT2D eigenvalue weighted by Crippen LogP contribution is -2.48. The number of aryl methyl sites for hydroxylation is 1. The van der Waals surface area contributed by atoms with E-state index >= 15 is 0 Å². The van der Waals surface area contributed by atoms with Crippen LogP contribution in [-0.2, 0) is 13.6 Å². The molecule has 0 aliphatic carbocycles. The van der Waals surface area contributed by atoms with Crippen LogP contribution in [0.1, 0.15) is 16.1 Å². The molecule has 170 valence electrons. The minimum Gasteiger partial charge on any atom is -0.484 e. The Hall–Kier alpha value is -2.52. The summed E-state index contributed by atoms with van der Waals surface area (Å²) < 4.78 is 44.4. The van der Waals surface area contributed by atoms with E-state index in [-0.39, 0.29) is 11.7 Å². The molecule has 4 rings (SSSR count). The third kappa shape index (κ3) is 5.27. The summed E-state index contributed by atoms with van der Waals surface area (Å²) in [4.78, 5) is 17.2. The van der Waals surface area contributed by atoms with Gasteiger partial charge in [-0.3, -0.25) is 9.69 Å². The Morgan fingerprint density at radius 2 is 1.72 bits per heavy atom. The molecule has 1 aromatic heterocycles. The van der Waals surface area contributed by atoms with Gasteiger partial charge in [0.25, 0.3) is 5.91 Å². The fourth-order valence-electron chi connectivity index (χ4n) is 3.89. The molecule has 9 heteroatoms. The van der Waals surface area contributed by atoms with Crippen molar-refractivity contribution in [1.29, 1.82) is 0 Å². The molecular formula is C23H23BrF3N3O2. The minimum atomic E-state index is -4.35. The van der Waals surface area contributed by atoms with Gasteiger partial charge in [0.15, 0.2) is 6.61 Å². The summed E-state index contributed by atoms with van der Waals surface area (Å²) in [6.45, 7) is 2.08. The van der Waals surface area contributed by atoms with Crippen LogP contribution in [0.4, 0.5) is 13.2 Å². The summed E-state index contributed by atoms with van der Waals surface area (Å²) in [6, 6.07) is 14.5. The number of fused-ring (bicyclic) bond motifs is 1. The molecule has 0 saturated carbocycles. The number of benzene rings is 2. The van der Waals surface area contributed by atoms with E-state index in [0.717, 1.165) is 34.0 Å². The van der Waals surface area contributed by atoms with Gasteiger partial charge < -0.3 is 14.2 Å². The van der Waals surface area contributed by atoms with Crippen LogP contribution >= 0.6 is 15.9 Å². The van der Waals surface area contributed by atoms with Crippen LogP contribution < -0.4 is 4.74 Å². The Bertz CT molecular complexity index is 1100. The predicted octanol–water partition coefficient (Wildman–Crippen LogP) is 4.84. The smallest absolute Gasteiger partial charge is 0.422 e. The first-order chi connectivity index (χ1) is 15.2. The van der Waals surface area contributed by atoms with E-state index in [2.05, 4.69) is 20.8 Å². The number of nitrogens with zero attached hydrogens (tertiary/aromatic N) is 3. The van der Waals surface area contributed by atoms with Crippen molar-refractivity contribution in [2.45, 2.75) is 12.7 Å². The quantitative estimate of drug-likeness (QED) is 0.493. The molecule has 1 saturated heterocycles. The molecule has 1 aliphatic heterocycles. The molecule has 1 aliphatic rings. The van der Waals surface area contributed by atoms with Crippen LogP contribution in [0.5, 0.6) is 5.75 Å². The van der Waals surface area contributed by atoms with Crippen molar-refractivity contribution in [3.63, 3.8) is 0 Å². The molecule has 0 N–H and O–H groups in total. The van der Waals surface area contributed by atoms with Gasteiger partial charge in [-0.2, -0.15) is 13.2 Å². The number of aromatic nitrogens is 1. The standard InChI is InChI=1S/C23H23BrF3N3O2/c1-28-20-13-18(24)5-4-17(20)12-21(28)22(31)30-10-8-29(9-11-30)14-16-2-6-19(7-3-16)32-15-23(25,26)27/h2-7,12-13H,8-11,14-15H2,1H3. The molecule has 2 heterocycles. The van der Waals surface area contributed by atoms with Crippen molar-refractivity contribution in [1.82, 2.24) is 14.4 Å². The molecule has 0 radical (unpaired) electrons. The lowest BCUT2D eigenvalue weighted by molar-refractivity contribution is -0.153. The van der Waals surface area contributed by atoms with Crippen molar-refractivity contribution in [2.75, 3.05) is 32.8 Å². The summed E-state index contributed by atoms with van der Waals surface area (Å²) in [6.07, 6.45) is -4.35. The fraction of sp³-hybridized carbons (Fsp3) is 0.348. The Balaban J connectivity index is 1.32. The Labute approximate surface area is 192 Å². The van der Waals surface area contributed by atoms with Gasteiger partial charge in [0, 0.05) is 55.1 Å². The summed E-state index contributed by atoms with van der Waals surface area (Å²) in [5.41, 5.74) is 2.66. The monoisotopic (exact) mass is 509 g/mol. The second kappa shape index (κ2) is 9.15. The van der Waals surface area contributed by atoms with Crippen molar-refractivity contribution in [3.05, 3.63) is 64.3 Å². The number of halogens is 4. The van der Waals surface area contributed by atoms with Crippen LogP contribution in [0.15, 0.2) is 53.0 Å². The fourth-order valence-corrected chi connectivity index (χ4v) is 4.24. The number of carbonyl (C=O) groups is 1. The number of hydrogen-bond donors (Lipinski definition) is 0. The Morgan fingerprint density at radius 1 is 1.03 bits per heavy atom. The van der Waals surface area contributed by atoms with Crippen LogP contribution in [-0.4, -0.2) is 59.2 Å². The third-order valence-electron chi connectivity index (χ3n) is 5.62. The highest BCUT2D eigenvalue weighted by Crippen LogP contribution is 2.24.